The summed E-state index contributed by atoms with van der Waals surface area (Å²) < 4.78 is 27.6. The van der Waals surface area contributed by atoms with E-state index >= 15 is 0 Å². The van der Waals surface area contributed by atoms with E-state index in [-0.39, 0.29) is 17.9 Å². The molecule has 36 heavy (non-hydrogen) atoms. The Morgan fingerprint density at radius 3 is 2.11 bits per heavy atom. The van der Waals surface area contributed by atoms with E-state index in [2.05, 4.69) is 0 Å². The topological polar surface area (TPSA) is 135 Å². The molecule has 10 nitrogen and oxygen atoms in total. The average Bonchev–Trinajstić information content (AvgIpc) is 3.29. The van der Waals surface area contributed by atoms with Crippen LogP contribution in [0.3, 0.4) is 0 Å². The van der Waals surface area contributed by atoms with Gasteiger partial charge in [0.1, 0.15) is 24.6 Å². The zero-order chi connectivity index (χ0) is 26.4. The van der Waals surface area contributed by atoms with Gasteiger partial charge in [-0.3, -0.25) is 19.2 Å². The third-order valence-corrected chi connectivity index (χ3v) is 6.22. The second kappa shape index (κ2) is 12.0. The van der Waals surface area contributed by atoms with Gasteiger partial charge in [0.25, 0.3) is 0 Å². The van der Waals surface area contributed by atoms with Crippen molar-refractivity contribution in [1.29, 1.82) is 0 Å². The third-order valence-electron chi connectivity index (χ3n) is 5.35. The van der Waals surface area contributed by atoms with Crippen LogP contribution in [0.1, 0.15) is 49.8 Å². The second-order valence-corrected chi connectivity index (χ2v) is 9.30. The summed E-state index contributed by atoms with van der Waals surface area (Å²) in [5.41, 5.74) is 1.11. The summed E-state index contributed by atoms with van der Waals surface area (Å²) >= 11 is 1.58. The average molecular weight is 521 g/mol. The number of carbonyl (C=O) groups excluding carboxylic acids is 4. The maximum atomic E-state index is 12.1. The highest BCUT2D eigenvalue weighted by molar-refractivity contribution is 7.09. The molecule has 2 aromatic rings. The molecule has 194 valence electrons. The quantitative estimate of drug-likeness (QED) is 0.409. The van der Waals surface area contributed by atoms with Crippen molar-refractivity contribution in [2.75, 3.05) is 6.61 Å². The number of rotatable bonds is 8. The summed E-state index contributed by atoms with van der Waals surface area (Å²) in [6.45, 7) is 4.33. The molecular weight excluding hydrogens is 492 g/mol. The second-order valence-electron chi connectivity index (χ2n) is 8.27. The van der Waals surface area contributed by atoms with Crippen LogP contribution in [0.15, 0.2) is 35.7 Å². The summed E-state index contributed by atoms with van der Waals surface area (Å²) in [4.78, 5) is 48.5. The fourth-order valence-corrected chi connectivity index (χ4v) is 4.77. The maximum absolute atomic E-state index is 12.1. The molecule has 11 heteroatoms. The SMILES string of the molecule is CC(=O)OC[C@H]1O[C@@H](c2cc(Cc3cccs3)ccc2O)[C@H](OC(C)=O)[C@@H](OC(C)=O)[C@@H]1OC(C)=O. The molecule has 1 aromatic heterocycles. The van der Waals surface area contributed by atoms with Gasteiger partial charge in [-0.05, 0) is 29.1 Å². The van der Waals surface area contributed by atoms with Crippen molar-refractivity contribution in [3.05, 3.63) is 51.7 Å². The molecule has 0 amide bonds. The maximum Gasteiger partial charge on any atom is 0.303 e. The minimum atomic E-state index is -1.31. The summed E-state index contributed by atoms with van der Waals surface area (Å²) in [6, 6.07) is 8.86. The molecule has 0 spiro atoms. The van der Waals surface area contributed by atoms with Crippen LogP contribution >= 0.6 is 11.3 Å². The molecule has 1 aromatic carbocycles. The number of carbonyl (C=O) groups is 4. The molecule has 0 unspecified atom stereocenters. The molecular formula is C25H28O10S. The van der Waals surface area contributed by atoms with Crippen molar-refractivity contribution >= 4 is 35.2 Å². The Hall–Kier alpha value is -3.44. The van der Waals surface area contributed by atoms with Gasteiger partial charge < -0.3 is 28.8 Å². The van der Waals surface area contributed by atoms with E-state index in [9.17, 15) is 24.3 Å². The van der Waals surface area contributed by atoms with Gasteiger partial charge in [-0.1, -0.05) is 12.1 Å². The predicted molar refractivity (Wildman–Crippen MR) is 126 cm³/mol. The summed E-state index contributed by atoms with van der Waals surface area (Å²) in [5, 5.41) is 12.7. The van der Waals surface area contributed by atoms with Crippen LogP contribution in [0, 0.1) is 0 Å². The molecule has 1 aliphatic heterocycles. The lowest BCUT2D eigenvalue weighted by molar-refractivity contribution is -0.254. The molecule has 0 aliphatic carbocycles. The van der Waals surface area contributed by atoms with Gasteiger partial charge in [-0.2, -0.15) is 0 Å². The summed E-state index contributed by atoms with van der Waals surface area (Å²) in [5.74, 6) is -2.90. The van der Waals surface area contributed by atoms with Crippen LogP contribution in [0.2, 0.25) is 0 Å². The molecule has 1 N–H and O–H groups in total. The lowest BCUT2D eigenvalue weighted by atomic mass is 9.89. The Morgan fingerprint density at radius 2 is 1.53 bits per heavy atom. The molecule has 5 atom stereocenters. The molecule has 0 radical (unpaired) electrons. The van der Waals surface area contributed by atoms with Gasteiger partial charge >= 0.3 is 23.9 Å². The smallest absolute Gasteiger partial charge is 0.303 e. The van der Waals surface area contributed by atoms with Crippen LogP contribution in [-0.4, -0.2) is 60.0 Å². The Labute approximate surface area is 212 Å². The molecule has 0 bridgehead atoms. The van der Waals surface area contributed by atoms with Crippen molar-refractivity contribution in [3.63, 3.8) is 0 Å². The Balaban J connectivity index is 2.08. The number of thiophene rings is 1. The normalized spacial score (nSPS) is 23.4. The third kappa shape index (κ3) is 7.05. The number of hydrogen-bond acceptors (Lipinski definition) is 11. The van der Waals surface area contributed by atoms with Gasteiger partial charge in [0.2, 0.25) is 0 Å². The van der Waals surface area contributed by atoms with Crippen LogP contribution in [-0.2, 0) is 49.3 Å². The van der Waals surface area contributed by atoms with Crippen molar-refractivity contribution in [3.8, 4) is 5.75 Å². The van der Waals surface area contributed by atoms with Gasteiger partial charge in [0.15, 0.2) is 18.3 Å². The Bertz CT molecular complexity index is 1100. The van der Waals surface area contributed by atoms with Crippen molar-refractivity contribution in [2.24, 2.45) is 0 Å². The number of ether oxygens (including phenoxy) is 5. The first-order chi connectivity index (χ1) is 17.0. The lowest BCUT2D eigenvalue weighted by Crippen LogP contribution is -2.59. The van der Waals surface area contributed by atoms with Crippen LogP contribution < -0.4 is 0 Å². The molecule has 2 heterocycles. The highest BCUT2D eigenvalue weighted by Crippen LogP contribution is 2.41. The van der Waals surface area contributed by atoms with Gasteiger partial charge in [0.05, 0.1) is 0 Å². The van der Waals surface area contributed by atoms with Crippen molar-refractivity contribution < 1.29 is 48.0 Å². The van der Waals surface area contributed by atoms with Crippen LogP contribution in [0.25, 0.3) is 0 Å². The predicted octanol–water partition coefficient (Wildman–Crippen LogP) is 2.84. The molecule has 1 saturated heterocycles. The first-order valence-corrected chi connectivity index (χ1v) is 12.1. The number of hydrogen-bond donors (Lipinski definition) is 1. The molecule has 1 aliphatic rings. The fourth-order valence-electron chi connectivity index (χ4n) is 4.03. The minimum absolute atomic E-state index is 0.147. The van der Waals surface area contributed by atoms with E-state index < -0.39 is 54.4 Å². The number of phenols is 1. The number of aromatic hydroxyl groups is 1. The van der Waals surface area contributed by atoms with Crippen molar-refractivity contribution in [2.45, 2.75) is 64.6 Å². The number of benzene rings is 1. The monoisotopic (exact) mass is 520 g/mol. The molecule has 0 saturated carbocycles. The highest BCUT2D eigenvalue weighted by Gasteiger charge is 2.53. The highest BCUT2D eigenvalue weighted by atomic mass is 32.1. The van der Waals surface area contributed by atoms with Crippen LogP contribution in [0.4, 0.5) is 0 Å². The van der Waals surface area contributed by atoms with E-state index in [0.29, 0.717) is 6.42 Å². The van der Waals surface area contributed by atoms with E-state index in [1.807, 2.05) is 17.5 Å². The number of esters is 4. The first kappa shape index (κ1) is 27.2. The van der Waals surface area contributed by atoms with E-state index in [1.165, 1.54) is 19.9 Å². The van der Waals surface area contributed by atoms with Crippen molar-refractivity contribution in [1.82, 2.24) is 0 Å². The van der Waals surface area contributed by atoms with E-state index in [1.54, 1.807) is 23.5 Å². The standard InChI is InChI=1S/C25H28O10S/c1-13(26)31-12-21-23(32-14(2)27)25(34-16(4)29)24(33-15(3)28)22(35-21)19-11-17(7-8-20(19)30)10-18-6-5-9-36-18/h5-9,11,21-25,30H,10,12H2,1-4H3/t21-,22+,23-,24+,25+/m1/s1. The summed E-state index contributed by atoms with van der Waals surface area (Å²) in [7, 11) is 0. The summed E-state index contributed by atoms with van der Waals surface area (Å²) in [6.07, 6.45) is -5.52. The number of phenolic OH excluding ortho intramolecular Hbond substituents is 1. The van der Waals surface area contributed by atoms with E-state index in [4.69, 9.17) is 23.7 Å². The first-order valence-electron chi connectivity index (χ1n) is 11.2. The Kier molecular flexibility index (Phi) is 9.05. The largest absolute Gasteiger partial charge is 0.508 e. The molecule has 3 rings (SSSR count). The lowest BCUT2D eigenvalue weighted by Gasteiger charge is -2.44. The van der Waals surface area contributed by atoms with Gasteiger partial charge in [-0.15, -0.1) is 11.3 Å². The zero-order valence-electron chi connectivity index (χ0n) is 20.3. The Morgan fingerprint density at radius 1 is 0.889 bits per heavy atom. The molecule has 1 fully saturated rings. The van der Waals surface area contributed by atoms with Gasteiger partial charge in [0, 0.05) is 44.6 Å². The van der Waals surface area contributed by atoms with E-state index in [0.717, 1.165) is 24.3 Å². The zero-order valence-corrected chi connectivity index (χ0v) is 21.1. The minimum Gasteiger partial charge on any atom is -0.508 e. The van der Waals surface area contributed by atoms with Gasteiger partial charge in [-0.25, -0.2) is 0 Å². The van der Waals surface area contributed by atoms with Crippen LogP contribution in [0.5, 0.6) is 5.75 Å². The fraction of sp³-hybridized carbons (Fsp3) is 0.440.